The van der Waals surface area contributed by atoms with Crippen molar-refractivity contribution >= 4 is 5.69 Å². The van der Waals surface area contributed by atoms with Gasteiger partial charge in [-0.2, -0.15) is 5.10 Å². The summed E-state index contributed by atoms with van der Waals surface area (Å²) in [4.78, 5) is 0. The molecule has 1 heterocycles. The summed E-state index contributed by atoms with van der Waals surface area (Å²) in [5, 5.41) is 8.04. The van der Waals surface area contributed by atoms with Crippen LogP contribution in [0.5, 0.6) is 0 Å². The van der Waals surface area contributed by atoms with Gasteiger partial charge in [0.25, 0.3) is 0 Å². The van der Waals surface area contributed by atoms with E-state index in [1.54, 1.807) is 0 Å². The molecule has 0 bridgehead atoms. The molecule has 3 heteroatoms. The van der Waals surface area contributed by atoms with Gasteiger partial charge in [-0.25, -0.2) is 0 Å². The number of hydrogen-bond donors (Lipinski definition) is 1. The zero-order chi connectivity index (χ0) is 13.1. The monoisotopic (exact) mass is 261 g/mol. The topological polar surface area (TPSA) is 29.9 Å². The van der Waals surface area contributed by atoms with Gasteiger partial charge < -0.3 is 5.32 Å². The third kappa shape index (κ3) is 3.13. The number of nitrogens with zero attached hydrogens (tertiary/aromatic N) is 2. The fraction of sp³-hybridized carbons (Fsp3) is 0.812. The smallest absolute Gasteiger partial charge is 0.0728 e. The average molecular weight is 261 g/mol. The molecule has 2 fully saturated rings. The largest absolute Gasteiger partial charge is 0.379 e. The Morgan fingerprint density at radius 1 is 1.05 bits per heavy atom. The molecule has 0 aliphatic heterocycles. The Morgan fingerprint density at radius 3 is 2.53 bits per heavy atom. The van der Waals surface area contributed by atoms with Crippen LogP contribution in [-0.2, 0) is 7.05 Å². The van der Waals surface area contributed by atoms with Crippen molar-refractivity contribution in [3.8, 4) is 0 Å². The summed E-state index contributed by atoms with van der Waals surface area (Å²) in [5.74, 6) is 1.87. The number of nitrogens with one attached hydrogen (secondary N) is 1. The van der Waals surface area contributed by atoms with Crippen molar-refractivity contribution in [1.82, 2.24) is 9.78 Å². The zero-order valence-electron chi connectivity index (χ0n) is 12.1. The van der Waals surface area contributed by atoms with E-state index in [-0.39, 0.29) is 0 Å². The zero-order valence-corrected chi connectivity index (χ0v) is 12.1. The first kappa shape index (κ1) is 13.0. The van der Waals surface area contributed by atoms with Crippen molar-refractivity contribution in [1.29, 1.82) is 0 Å². The SMILES string of the molecule is Cn1cc(NC2CCCCC2C2CCCCC2)cn1. The van der Waals surface area contributed by atoms with Gasteiger partial charge in [-0.15, -0.1) is 0 Å². The van der Waals surface area contributed by atoms with Crippen molar-refractivity contribution < 1.29 is 0 Å². The molecule has 2 aliphatic carbocycles. The maximum Gasteiger partial charge on any atom is 0.0728 e. The van der Waals surface area contributed by atoms with Crippen molar-refractivity contribution in [3.05, 3.63) is 12.4 Å². The third-order valence-corrected chi connectivity index (χ3v) is 5.13. The molecule has 0 saturated heterocycles. The Labute approximate surface area is 116 Å². The molecule has 19 heavy (non-hydrogen) atoms. The van der Waals surface area contributed by atoms with E-state index in [9.17, 15) is 0 Å². The maximum atomic E-state index is 4.27. The average Bonchev–Trinajstić information content (AvgIpc) is 2.86. The Bertz CT molecular complexity index is 392. The van der Waals surface area contributed by atoms with Crippen molar-refractivity contribution in [2.45, 2.75) is 63.8 Å². The van der Waals surface area contributed by atoms with Gasteiger partial charge in [-0.3, -0.25) is 4.68 Å². The summed E-state index contributed by atoms with van der Waals surface area (Å²) in [6.07, 6.45) is 17.0. The van der Waals surface area contributed by atoms with Crippen LogP contribution in [0.4, 0.5) is 5.69 Å². The lowest BCUT2D eigenvalue weighted by Crippen LogP contribution is -2.37. The summed E-state index contributed by atoms with van der Waals surface area (Å²) in [7, 11) is 1.99. The minimum Gasteiger partial charge on any atom is -0.379 e. The summed E-state index contributed by atoms with van der Waals surface area (Å²) in [6, 6.07) is 0.682. The van der Waals surface area contributed by atoms with Crippen LogP contribution in [-0.4, -0.2) is 15.8 Å². The van der Waals surface area contributed by atoms with Gasteiger partial charge >= 0.3 is 0 Å². The van der Waals surface area contributed by atoms with Crippen LogP contribution in [0.2, 0.25) is 0 Å². The number of aromatic nitrogens is 2. The Morgan fingerprint density at radius 2 is 1.79 bits per heavy atom. The molecule has 2 atom stereocenters. The first-order chi connectivity index (χ1) is 9.33. The molecule has 106 valence electrons. The molecule has 1 N–H and O–H groups in total. The molecule has 0 amide bonds. The number of hydrogen-bond acceptors (Lipinski definition) is 2. The molecular formula is C16H27N3. The highest BCUT2D eigenvalue weighted by molar-refractivity contribution is 5.39. The molecule has 1 aromatic heterocycles. The lowest BCUT2D eigenvalue weighted by molar-refractivity contribution is 0.180. The highest BCUT2D eigenvalue weighted by atomic mass is 15.3. The van der Waals surface area contributed by atoms with Gasteiger partial charge in [0.05, 0.1) is 11.9 Å². The Kier molecular flexibility index (Phi) is 4.09. The molecule has 2 unspecified atom stereocenters. The molecule has 2 saturated carbocycles. The number of anilines is 1. The predicted molar refractivity (Wildman–Crippen MR) is 79.2 cm³/mol. The second-order valence-corrected chi connectivity index (χ2v) is 6.50. The van der Waals surface area contributed by atoms with Gasteiger partial charge in [0, 0.05) is 19.3 Å². The quantitative estimate of drug-likeness (QED) is 0.892. The van der Waals surface area contributed by atoms with Gasteiger partial charge in [0.15, 0.2) is 0 Å². The summed E-state index contributed by atoms with van der Waals surface area (Å²) < 4.78 is 1.89. The van der Waals surface area contributed by atoms with E-state index in [1.807, 2.05) is 17.9 Å². The number of rotatable bonds is 3. The summed E-state index contributed by atoms with van der Waals surface area (Å²) >= 11 is 0. The minimum absolute atomic E-state index is 0.682. The van der Waals surface area contributed by atoms with Crippen LogP contribution in [0.3, 0.4) is 0 Å². The Balaban J connectivity index is 1.66. The summed E-state index contributed by atoms with van der Waals surface area (Å²) in [5.41, 5.74) is 1.20. The fourth-order valence-corrected chi connectivity index (χ4v) is 4.18. The van der Waals surface area contributed by atoms with E-state index < -0.39 is 0 Å². The second kappa shape index (κ2) is 5.98. The van der Waals surface area contributed by atoms with Gasteiger partial charge in [0.1, 0.15) is 0 Å². The van der Waals surface area contributed by atoms with Crippen molar-refractivity contribution in [2.75, 3.05) is 5.32 Å². The van der Waals surface area contributed by atoms with Gasteiger partial charge in [0.2, 0.25) is 0 Å². The maximum absolute atomic E-state index is 4.27. The summed E-state index contributed by atoms with van der Waals surface area (Å²) in [6.45, 7) is 0. The molecular weight excluding hydrogens is 234 g/mol. The molecule has 0 radical (unpaired) electrons. The van der Waals surface area contributed by atoms with Crippen LogP contribution in [0.15, 0.2) is 12.4 Å². The van der Waals surface area contributed by atoms with Crippen LogP contribution in [0, 0.1) is 11.8 Å². The molecule has 0 aromatic carbocycles. The van der Waals surface area contributed by atoms with Gasteiger partial charge in [-0.05, 0) is 24.7 Å². The normalized spacial score (nSPS) is 29.3. The van der Waals surface area contributed by atoms with E-state index >= 15 is 0 Å². The lowest BCUT2D eigenvalue weighted by Gasteiger charge is -2.39. The van der Waals surface area contributed by atoms with E-state index in [1.165, 1.54) is 63.5 Å². The van der Waals surface area contributed by atoms with E-state index in [0.29, 0.717) is 6.04 Å². The van der Waals surface area contributed by atoms with Gasteiger partial charge in [-0.1, -0.05) is 44.9 Å². The highest BCUT2D eigenvalue weighted by Gasteiger charge is 2.32. The van der Waals surface area contributed by atoms with E-state index in [4.69, 9.17) is 0 Å². The third-order valence-electron chi connectivity index (χ3n) is 5.13. The van der Waals surface area contributed by atoms with E-state index in [2.05, 4.69) is 16.6 Å². The van der Waals surface area contributed by atoms with Crippen molar-refractivity contribution in [3.63, 3.8) is 0 Å². The number of aryl methyl sites for hydroxylation is 1. The molecule has 3 nitrogen and oxygen atoms in total. The molecule has 2 aliphatic rings. The predicted octanol–water partition coefficient (Wildman–Crippen LogP) is 3.97. The van der Waals surface area contributed by atoms with E-state index in [0.717, 1.165) is 11.8 Å². The standard InChI is InChI=1S/C16H27N3/c1-19-12-14(11-17-19)18-16-10-6-5-9-15(16)13-7-3-2-4-8-13/h11-13,15-16,18H,2-10H2,1H3. The Hall–Kier alpha value is -0.990. The highest BCUT2D eigenvalue weighted by Crippen LogP contribution is 2.39. The fourth-order valence-electron chi connectivity index (χ4n) is 4.18. The lowest BCUT2D eigenvalue weighted by atomic mass is 9.71. The first-order valence-electron chi connectivity index (χ1n) is 8.08. The first-order valence-corrected chi connectivity index (χ1v) is 8.08. The molecule has 1 aromatic rings. The molecule has 3 rings (SSSR count). The van der Waals surface area contributed by atoms with Crippen molar-refractivity contribution in [2.24, 2.45) is 18.9 Å². The van der Waals surface area contributed by atoms with Crippen LogP contribution in [0.25, 0.3) is 0 Å². The minimum atomic E-state index is 0.682. The second-order valence-electron chi connectivity index (χ2n) is 6.50. The molecule has 0 spiro atoms. The van der Waals surface area contributed by atoms with Crippen LogP contribution in [0.1, 0.15) is 57.8 Å². The van der Waals surface area contributed by atoms with Crippen LogP contribution >= 0.6 is 0 Å². The van der Waals surface area contributed by atoms with Crippen LogP contribution < -0.4 is 5.32 Å².